The van der Waals surface area contributed by atoms with Crippen LogP contribution in [0.3, 0.4) is 0 Å². The van der Waals surface area contributed by atoms with Gasteiger partial charge in [0.2, 0.25) is 17.7 Å². The Labute approximate surface area is 99.2 Å². The van der Waals surface area contributed by atoms with Gasteiger partial charge in [0.05, 0.1) is 13.2 Å². The van der Waals surface area contributed by atoms with E-state index in [4.69, 9.17) is 15.2 Å². The molecule has 0 amide bonds. The zero-order valence-electron chi connectivity index (χ0n) is 9.68. The molecule has 0 bridgehead atoms. The number of para-hydroxylation sites is 1. The van der Waals surface area contributed by atoms with E-state index in [1.807, 2.05) is 31.2 Å². The van der Waals surface area contributed by atoms with Gasteiger partial charge in [0.1, 0.15) is 5.75 Å². The summed E-state index contributed by atoms with van der Waals surface area (Å²) >= 11 is 0. The van der Waals surface area contributed by atoms with E-state index in [-0.39, 0.29) is 5.95 Å². The molecule has 1 aromatic carbocycles. The largest absolute Gasteiger partial charge is 0.481 e. The minimum absolute atomic E-state index is 0.118. The van der Waals surface area contributed by atoms with Crippen molar-refractivity contribution in [1.29, 1.82) is 0 Å². The van der Waals surface area contributed by atoms with E-state index < -0.39 is 0 Å². The van der Waals surface area contributed by atoms with Crippen LogP contribution < -0.4 is 15.2 Å². The number of methoxy groups -OCH3 is 1. The summed E-state index contributed by atoms with van der Waals surface area (Å²) in [6.45, 7) is 1.96. The Hall–Kier alpha value is -2.30. The fourth-order valence-corrected chi connectivity index (χ4v) is 1.36. The Balaban J connectivity index is 2.30. The molecule has 17 heavy (non-hydrogen) atoms. The Morgan fingerprint density at radius 2 is 1.82 bits per heavy atom. The Morgan fingerprint density at radius 3 is 2.53 bits per heavy atom. The lowest BCUT2D eigenvalue weighted by atomic mass is 10.2. The second-order valence-corrected chi connectivity index (χ2v) is 3.47. The van der Waals surface area contributed by atoms with E-state index in [0.29, 0.717) is 11.8 Å². The van der Waals surface area contributed by atoms with Crippen molar-refractivity contribution in [3.05, 3.63) is 35.9 Å². The fourth-order valence-electron chi connectivity index (χ4n) is 1.36. The summed E-state index contributed by atoms with van der Waals surface area (Å²) in [5, 5.41) is 0. The van der Waals surface area contributed by atoms with Crippen LogP contribution in [-0.2, 0) is 0 Å². The number of nitrogens with two attached hydrogens (primary N) is 1. The molecule has 0 saturated heterocycles. The third-order valence-electron chi connectivity index (χ3n) is 2.21. The number of hydrogen-bond donors (Lipinski definition) is 1. The molecule has 5 nitrogen and oxygen atoms in total. The smallest absolute Gasteiger partial charge is 0.227 e. The third-order valence-corrected chi connectivity index (χ3v) is 2.21. The molecule has 2 rings (SSSR count). The molecular formula is C12H13N3O2. The predicted octanol–water partition coefficient (Wildman–Crippen LogP) is 2.17. The molecule has 0 saturated carbocycles. The van der Waals surface area contributed by atoms with Crippen molar-refractivity contribution in [2.45, 2.75) is 6.92 Å². The fraction of sp³-hybridized carbons (Fsp3) is 0.167. The van der Waals surface area contributed by atoms with Gasteiger partial charge in [-0.25, -0.2) is 0 Å². The highest BCUT2D eigenvalue weighted by atomic mass is 16.5. The van der Waals surface area contributed by atoms with Crippen LogP contribution in [0.1, 0.15) is 5.56 Å². The lowest BCUT2D eigenvalue weighted by Crippen LogP contribution is -1.99. The first kappa shape index (κ1) is 11.2. The first-order valence-corrected chi connectivity index (χ1v) is 5.11. The van der Waals surface area contributed by atoms with Gasteiger partial charge in [0, 0.05) is 0 Å². The first-order chi connectivity index (χ1) is 8.19. The highest BCUT2D eigenvalue weighted by Crippen LogP contribution is 2.25. The van der Waals surface area contributed by atoms with E-state index in [2.05, 4.69) is 9.97 Å². The normalized spacial score (nSPS) is 10.0. The van der Waals surface area contributed by atoms with Crippen molar-refractivity contribution in [2.75, 3.05) is 12.8 Å². The maximum Gasteiger partial charge on any atom is 0.227 e. The number of benzene rings is 1. The second kappa shape index (κ2) is 4.69. The van der Waals surface area contributed by atoms with Crippen molar-refractivity contribution in [1.82, 2.24) is 9.97 Å². The van der Waals surface area contributed by atoms with Crippen LogP contribution in [0.25, 0.3) is 0 Å². The van der Waals surface area contributed by atoms with Crippen LogP contribution in [0.4, 0.5) is 5.95 Å². The lowest BCUT2D eigenvalue weighted by Gasteiger charge is -2.08. The van der Waals surface area contributed by atoms with Crippen LogP contribution in [0.2, 0.25) is 0 Å². The number of rotatable bonds is 3. The van der Waals surface area contributed by atoms with E-state index >= 15 is 0 Å². The Kier molecular flexibility index (Phi) is 3.09. The Bertz CT molecular complexity index is 529. The quantitative estimate of drug-likeness (QED) is 0.876. The molecule has 1 aromatic heterocycles. The number of anilines is 1. The van der Waals surface area contributed by atoms with Gasteiger partial charge in [0.15, 0.2) is 0 Å². The lowest BCUT2D eigenvalue weighted by molar-refractivity contribution is 0.389. The van der Waals surface area contributed by atoms with Crippen molar-refractivity contribution < 1.29 is 9.47 Å². The van der Waals surface area contributed by atoms with Crippen LogP contribution in [0, 0.1) is 6.92 Å². The summed E-state index contributed by atoms with van der Waals surface area (Å²) in [5.41, 5.74) is 6.56. The summed E-state index contributed by atoms with van der Waals surface area (Å²) in [5.74, 6) is 1.59. The maximum atomic E-state index is 5.62. The monoisotopic (exact) mass is 231 g/mol. The number of nitrogen functional groups attached to an aromatic ring is 1. The SMILES string of the molecule is COc1cc(Oc2ccccc2C)nc(N)n1. The van der Waals surface area contributed by atoms with Gasteiger partial charge >= 0.3 is 0 Å². The zero-order chi connectivity index (χ0) is 12.3. The van der Waals surface area contributed by atoms with Gasteiger partial charge in [-0.2, -0.15) is 9.97 Å². The number of aryl methyl sites for hydroxylation is 1. The minimum Gasteiger partial charge on any atom is -0.481 e. The summed E-state index contributed by atoms with van der Waals surface area (Å²) < 4.78 is 10.6. The highest BCUT2D eigenvalue weighted by molar-refractivity contribution is 5.37. The summed E-state index contributed by atoms with van der Waals surface area (Å²) in [4.78, 5) is 7.86. The highest BCUT2D eigenvalue weighted by Gasteiger charge is 2.06. The molecule has 0 spiro atoms. The van der Waals surface area contributed by atoms with E-state index in [1.165, 1.54) is 7.11 Å². The summed E-state index contributed by atoms with van der Waals surface area (Å²) in [6, 6.07) is 9.24. The topological polar surface area (TPSA) is 70.3 Å². The molecule has 2 N–H and O–H groups in total. The Morgan fingerprint density at radius 1 is 1.12 bits per heavy atom. The van der Waals surface area contributed by atoms with E-state index in [1.54, 1.807) is 6.07 Å². The standard InChI is InChI=1S/C12H13N3O2/c1-8-5-3-4-6-9(8)17-11-7-10(16-2)14-12(13)15-11/h3-7H,1-2H3,(H2,13,14,15). The number of nitrogens with zero attached hydrogens (tertiary/aromatic N) is 2. The van der Waals surface area contributed by atoms with Gasteiger partial charge < -0.3 is 15.2 Å². The number of hydrogen-bond acceptors (Lipinski definition) is 5. The van der Waals surface area contributed by atoms with Crippen molar-refractivity contribution in [3.63, 3.8) is 0 Å². The molecule has 1 heterocycles. The van der Waals surface area contributed by atoms with Gasteiger partial charge in [-0.3, -0.25) is 0 Å². The minimum atomic E-state index is 0.118. The van der Waals surface area contributed by atoms with E-state index in [9.17, 15) is 0 Å². The summed E-state index contributed by atoms with van der Waals surface area (Å²) in [7, 11) is 1.51. The average molecular weight is 231 g/mol. The molecule has 88 valence electrons. The van der Waals surface area contributed by atoms with Gasteiger partial charge in [0.25, 0.3) is 0 Å². The molecule has 5 heteroatoms. The zero-order valence-corrected chi connectivity index (χ0v) is 9.68. The molecule has 0 aliphatic carbocycles. The van der Waals surface area contributed by atoms with Crippen LogP contribution in [-0.4, -0.2) is 17.1 Å². The molecule has 2 aromatic rings. The average Bonchev–Trinajstić information content (AvgIpc) is 2.31. The van der Waals surface area contributed by atoms with Crippen molar-refractivity contribution in [2.24, 2.45) is 0 Å². The van der Waals surface area contributed by atoms with E-state index in [0.717, 1.165) is 11.3 Å². The maximum absolute atomic E-state index is 5.62. The molecule has 0 aliphatic heterocycles. The summed E-state index contributed by atoms with van der Waals surface area (Å²) in [6.07, 6.45) is 0. The first-order valence-electron chi connectivity index (χ1n) is 5.11. The third kappa shape index (κ3) is 2.63. The molecule has 0 aliphatic rings. The molecule has 0 fully saturated rings. The second-order valence-electron chi connectivity index (χ2n) is 3.47. The van der Waals surface area contributed by atoms with Crippen LogP contribution in [0.15, 0.2) is 30.3 Å². The number of ether oxygens (including phenoxy) is 2. The van der Waals surface area contributed by atoms with Gasteiger partial charge in [-0.05, 0) is 18.6 Å². The van der Waals surface area contributed by atoms with Gasteiger partial charge in [-0.15, -0.1) is 0 Å². The molecule has 0 atom stereocenters. The predicted molar refractivity (Wildman–Crippen MR) is 64.2 cm³/mol. The van der Waals surface area contributed by atoms with Crippen molar-refractivity contribution >= 4 is 5.95 Å². The van der Waals surface area contributed by atoms with Crippen molar-refractivity contribution in [3.8, 4) is 17.5 Å². The molecule has 0 radical (unpaired) electrons. The van der Waals surface area contributed by atoms with Crippen LogP contribution >= 0.6 is 0 Å². The number of aromatic nitrogens is 2. The molecule has 0 unspecified atom stereocenters. The van der Waals surface area contributed by atoms with Crippen LogP contribution in [0.5, 0.6) is 17.5 Å². The van der Waals surface area contributed by atoms with Gasteiger partial charge in [-0.1, -0.05) is 18.2 Å². The molecular weight excluding hydrogens is 218 g/mol.